The van der Waals surface area contributed by atoms with Crippen molar-refractivity contribution in [2.45, 2.75) is 64.8 Å². The third-order valence-corrected chi connectivity index (χ3v) is 7.65. The van der Waals surface area contributed by atoms with Gasteiger partial charge in [0.05, 0.1) is 0 Å². The number of benzene rings is 1. The van der Waals surface area contributed by atoms with Gasteiger partial charge in [0.1, 0.15) is 17.9 Å². The molecule has 0 bridgehead atoms. The zero-order valence-electron chi connectivity index (χ0n) is 21.4. The molecular weight excluding hydrogens is 469 g/mol. The fraction of sp³-hybridized carbons (Fsp3) is 0.414. The fourth-order valence-corrected chi connectivity index (χ4v) is 5.63. The Morgan fingerprint density at radius 3 is 2.54 bits per heavy atom. The number of carbonyl (C=O) groups is 2. The minimum Gasteiger partial charge on any atom is -0.339 e. The number of nitrogens with zero attached hydrogens (tertiary/aromatic N) is 2. The number of anilines is 1. The highest BCUT2D eigenvalue weighted by Gasteiger charge is 2.34. The number of fused-ring (bicyclic) bond motifs is 1. The zero-order valence-corrected chi connectivity index (χ0v) is 21.4. The molecule has 0 unspecified atom stereocenters. The number of halogens is 1. The first-order valence-corrected chi connectivity index (χ1v) is 13.1. The van der Waals surface area contributed by atoms with E-state index in [-0.39, 0.29) is 17.7 Å². The van der Waals surface area contributed by atoms with Crippen LogP contribution in [0.5, 0.6) is 0 Å². The Bertz CT molecular complexity index is 1260. The lowest BCUT2D eigenvalue weighted by Gasteiger charge is -2.31. The van der Waals surface area contributed by atoms with E-state index in [0.29, 0.717) is 50.2 Å². The Labute approximate surface area is 216 Å². The number of nitrogens with one attached hydrogen (secondary N) is 3. The molecule has 7 nitrogen and oxygen atoms in total. The third kappa shape index (κ3) is 5.44. The van der Waals surface area contributed by atoms with Crippen molar-refractivity contribution in [1.29, 1.82) is 0 Å². The van der Waals surface area contributed by atoms with E-state index >= 15 is 0 Å². The summed E-state index contributed by atoms with van der Waals surface area (Å²) in [5.74, 6) is -0.661. The quantitative estimate of drug-likeness (QED) is 0.461. The molecule has 37 heavy (non-hydrogen) atoms. The van der Waals surface area contributed by atoms with E-state index in [2.05, 4.69) is 27.9 Å². The molecule has 194 valence electrons. The Balaban J connectivity index is 1.34. The second kappa shape index (κ2) is 10.8. The second-order valence-corrected chi connectivity index (χ2v) is 10.2. The maximum Gasteiger partial charge on any atom is 0.268 e. The molecule has 0 spiro atoms. The average Bonchev–Trinajstić information content (AvgIpc) is 3.33. The van der Waals surface area contributed by atoms with E-state index in [0.717, 1.165) is 34.6 Å². The highest BCUT2D eigenvalue weighted by molar-refractivity contribution is 6.01. The van der Waals surface area contributed by atoms with E-state index in [1.807, 2.05) is 54.0 Å². The van der Waals surface area contributed by atoms with Crippen LogP contribution < -0.4 is 16.0 Å². The van der Waals surface area contributed by atoms with Gasteiger partial charge < -0.3 is 20.5 Å². The molecule has 2 amide bonds. The zero-order chi connectivity index (χ0) is 25.9. The first-order valence-electron chi connectivity index (χ1n) is 13.1. The topological polar surface area (TPSA) is 88.1 Å². The predicted molar refractivity (Wildman–Crippen MR) is 142 cm³/mol. The number of pyridine rings is 1. The van der Waals surface area contributed by atoms with Gasteiger partial charge in [-0.05, 0) is 86.9 Å². The van der Waals surface area contributed by atoms with Crippen LogP contribution in [0.4, 0.5) is 10.1 Å². The van der Waals surface area contributed by atoms with Crippen LogP contribution in [0.1, 0.15) is 53.1 Å². The molecule has 1 aromatic carbocycles. The van der Waals surface area contributed by atoms with Gasteiger partial charge in [0.2, 0.25) is 5.91 Å². The Morgan fingerprint density at radius 2 is 1.81 bits per heavy atom. The summed E-state index contributed by atoms with van der Waals surface area (Å²) in [6.45, 7) is 6.25. The molecule has 3 heterocycles. The molecule has 1 atom stereocenters. The number of alkyl halides is 1. The van der Waals surface area contributed by atoms with E-state index in [1.54, 1.807) is 6.20 Å². The van der Waals surface area contributed by atoms with Crippen LogP contribution >= 0.6 is 0 Å². The van der Waals surface area contributed by atoms with Crippen LogP contribution in [-0.2, 0) is 17.9 Å². The molecule has 2 aliphatic rings. The Kier molecular flexibility index (Phi) is 7.37. The van der Waals surface area contributed by atoms with Gasteiger partial charge in [-0.25, -0.2) is 4.39 Å². The molecule has 0 saturated heterocycles. The van der Waals surface area contributed by atoms with E-state index in [9.17, 15) is 14.0 Å². The summed E-state index contributed by atoms with van der Waals surface area (Å²) in [5, 5.41) is 9.30. The van der Waals surface area contributed by atoms with Crippen molar-refractivity contribution < 1.29 is 14.0 Å². The Hall–Kier alpha value is -3.52. The SMILES string of the molecule is Cc1ccnc(C)c1-c1ccc(NC(=O)[C@@H](NC(=O)c2ccc3n2CCNC3)C2CCC(F)CC2)cc1. The van der Waals surface area contributed by atoms with Crippen molar-refractivity contribution in [3.05, 3.63) is 71.3 Å². The fourth-order valence-electron chi connectivity index (χ4n) is 5.63. The lowest BCUT2D eigenvalue weighted by atomic mass is 9.82. The summed E-state index contributed by atoms with van der Waals surface area (Å²) in [4.78, 5) is 31.2. The highest BCUT2D eigenvalue weighted by atomic mass is 19.1. The van der Waals surface area contributed by atoms with Crippen molar-refractivity contribution in [1.82, 2.24) is 20.2 Å². The van der Waals surface area contributed by atoms with Crippen molar-refractivity contribution in [2.24, 2.45) is 5.92 Å². The monoisotopic (exact) mass is 503 g/mol. The normalized spacial score (nSPS) is 20.1. The van der Waals surface area contributed by atoms with Crippen LogP contribution in [0.25, 0.3) is 11.1 Å². The van der Waals surface area contributed by atoms with Crippen molar-refractivity contribution in [2.75, 3.05) is 11.9 Å². The van der Waals surface area contributed by atoms with E-state index in [4.69, 9.17) is 0 Å². The number of hydrogen-bond donors (Lipinski definition) is 3. The summed E-state index contributed by atoms with van der Waals surface area (Å²) in [6, 6.07) is 12.7. The largest absolute Gasteiger partial charge is 0.339 e. The van der Waals surface area contributed by atoms with Crippen LogP contribution in [-0.4, -0.2) is 40.1 Å². The number of amides is 2. The molecule has 1 aliphatic carbocycles. The minimum absolute atomic E-state index is 0.117. The number of aromatic nitrogens is 2. The molecule has 3 N–H and O–H groups in total. The van der Waals surface area contributed by atoms with Gasteiger partial charge >= 0.3 is 0 Å². The number of aryl methyl sites for hydroxylation is 2. The van der Waals surface area contributed by atoms with Crippen LogP contribution in [0, 0.1) is 19.8 Å². The summed E-state index contributed by atoms with van der Waals surface area (Å²) in [5.41, 5.74) is 6.45. The van der Waals surface area contributed by atoms with Crippen LogP contribution in [0.15, 0.2) is 48.7 Å². The first kappa shape index (κ1) is 25.1. The van der Waals surface area contributed by atoms with Gasteiger partial charge in [-0.1, -0.05) is 12.1 Å². The van der Waals surface area contributed by atoms with Crippen LogP contribution in [0.2, 0.25) is 0 Å². The Morgan fingerprint density at radius 1 is 1.05 bits per heavy atom. The predicted octanol–water partition coefficient (Wildman–Crippen LogP) is 4.54. The van der Waals surface area contributed by atoms with Crippen molar-refractivity contribution >= 4 is 17.5 Å². The summed E-state index contributed by atoms with van der Waals surface area (Å²) >= 11 is 0. The van der Waals surface area contributed by atoms with Gasteiger partial charge in [0, 0.05) is 48.5 Å². The van der Waals surface area contributed by atoms with Gasteiger partial charge in [-0.2, -0.15) is 0 Å². The summed E-state index contributed by atoms with van der Waals surface area (Å²) in [7, 11) is 0. The lowest BCUT2D eigenvalue weighted by Crippen LogP contribution is -2.50. The average molecular weight is 504 g/mol. The van der Waals surface area contributed by atoms with Gasteiger partial charge in [0.15, 0.2) is 0 Å². The molecule has 2 aromatic heterocycles. The smallest absolute Gasteiger partial charge is 0.268 e. The maximum absolute atomic E-state index is 13.9. The summed E-state index contributed by atoms with van der Waals surface area (Å²) in [6.07, 6.45) is 2.91. The van der Waals surface area contributed by atoms with E-state index < -0.39 is 12.2 Å². The molecule has 5 rings (SSSR count). The maximum atomic E-state index is 13.9. The highest BCUT2D eigenvalue weighted by Crippen LogP contribution is 2.30. The molecule has 8 heteroatoms. The van der Waals surface area contributed by atoms with Gasteiger partial charge in [-0.3, -0.25) is 14.6 Å². The van der Waals surface area contributed by atoms with Crippen molar-refractivity contribution in [3.63, 3.8) is 0 Å². The molecule has 1 saturated carbocycles. The standard InChI is InChI=1S/C29H34FN5O2/c1-18-13-14-32-19(2)26(18)20-5-9-23(10-6-20)33-29(37)27(21-3-7-22(30)8-4-21)34-28(36)25-12-11-24-17-31-15-16-35(24)25/h5-6,9-14,21-22,27,31H,3-4,7-8,15-17H2,1-2H3,(H,33,37)(H,34,36)/t21?,22?,27-/m0/s1. The summed E-state index contributed by atoms with van der Waals surface area (Å²) < 4.78 is 15.9. The van der Waals surface area contributed by atoms with Gasteiger partial charge in [-0.15, -0.1) is 0 Å². The number of rotatable bonds is 6. The first-order chi connectivity index (χ1) is 17.9. The molecule has 0 radical (unpaired) electrons. The number of carbonyl (C=O) groups excluding carboxylic acids is 2. The second-order valence-electron chi connectivity index (χ2n) is 10.2. The van der Waals surface area contributed by atoms with E-state index in [1.165, 1.54) is 0 Å². The van der Waals surface area contributed by atoms with Gasteiger partial charge in [0.25, 0.3) is 5.91 Å². The molecular formula is C29H34FN5O2. The number of hydrogen-bond acceptors (Lipinski definition) is 4. The minimum atomic E-state index is -0.840. The lowest BCUT2D eigenvalue weighted by molar-refractivity contribution is -0.119. The third-order valence-electron chi connectivity index (χ3n) is 7.65. The molecule has 3 aromatic rings. The molecule has 1 aliphatic heterocycles. The van der Waals surface area contributed by atoms with Crippen LogP contribution in [0.3, 0.4) is 0 Å². The van der Waals surface area contributed by atoms with Crippen molar-refractivity contribution in [3.8, 4) is 11.1 Å². The molecule has 1 fully saturated rings.